The number of ether oxygens (including phenoxy) is 1. The highest BCUT2D eigenvalue weighted by molar-refractivity contribution is 5.85. The van der Waals surface area contributed by atoms with Crippen LogP contribution >= 0.6 is 0 Å². The molecule has 1 N–H and O–H groups in total. The van der Waals surface area contributed by atoms with Crippen LogP contribution in [0.15, 0.2) is 78.9 Å². The van der Waals surface area contributed by atoms with E-state index in [9.17, 15) is 5.21 Å². The molecule has 5 heteroatoms. The Morgan fingerprint density at radius 1 is 0.926 bits per heavy atom. The van der Waals surface area contributed by atoms with Gasteiger partial charge >= 0.3 is 0 Å². The summed E-state index contributed by atoms with van der Waals surface area (Å²) >= 11 is 0. The molecule has 4 aromatic rings. The molecule has 3 aromatic carbocycles. The Kier molecular flexibility index (Phi) is 4.87. The molecule has 0 atom stereocenters. The SMILES string of the molecule is COCCn1c(N(O)c2ccccc2)nc2cc(-c3ccccc3)ccc21. The van der Waals surface area contributed by atoms with Crippen molar-refractivity contribution in [2.45, 2.75) is 6.54 Å². The molecule has 0 radical (unpaired) electrons. The van der Waals surface area contributed by atoms with Gasteiger partial charge < -0.3 is 9.30 Å². The van der Waals surface area contributed by atoms with E-state index in [0.717, 1.165) is 27.2 Å². The maximum atomic E-state index is 10.8. The molecule has 0 aliphatic heterocycles. The first-order valence-electron chi connectivity index (χ1n) is 8.86. The van der Waals surface area contributed by atoms with Crippen molar-refractivity contribution in [1.82, 2.24) is 9.55 Å². The van der Waals surface area contributed by atoms with Crippen LogP contribution in [0, 0.1) is 0 Å². The second kappa shape index (κ2) is 7.61. The number of aromatic nitrogens is 2. The van der Waals surface area contributed by atoms with Gasteiger partial charge in [-0.15, -0.1) is 0 Å². The van der Waals surface area contributed by atoms with Gasteiger partial charge in [0.05, 0.1) is 23.3 Å². The van der Waals surface area contributed by atoms with Crippen LogP contribution in [0.3, 0.4) is 0 Å². The van der Waals surface area contributed by atoms with Crippen molar-refractivity contribution >= 4 is 22.7 Å². The van der Waals surface area contributed by atoms with Gasteiger partial charge in [0.1, 0.15) is 0 Å². The zero-order valence-corrected chi connectivity index (χ0v) is 15.1. The summed E-state index contributed by atoms with van der Waals surface area (Å²) < 4.78 is 7.22. The summed E-state index contributed by atoms with van der Waals surface area (Å²) in [5.74, 6) is 0.471. The number of fused-ring (bicyclic) bond motifs is 1. The molecule has 0 amide bonds. The minimum Gasteiger partial charge on any atom is -0.383 e. The molecule has 0 spiro atoms. The summed E-state index contributed by atoms with van der Waals surface area (Å²) in [6.45, 7) is 1.12. The van der Waals surface area contributed by atoms with Gasteiger partial charge in [0, 0.05) is 13.7 Å². The topological polar surface area (TPSA) is 50.5 Å². The molecule has 1 heterocycles. The van der Waals surface area contributed by atoms with Gasteiger partial charge in [0.25, 0.3) is 0 Å². The van der Waals surface area contributed by atoms with Gasteiger partial charge in [0.15, 0.2) is 0 Å². The van der Waals surface area contributed by atoms with Crippen molar-refractivity contribution in [3.8, 4) is 11.1 Å². The highest BCUT2D eigenvalue weighted by Gasteiger charge is 2.17. The van der Waals surface area contributed by atoms with Crippen LogP contribution in [0.5, 0.6) is 0 Å². The van der Waals surface area contributed by atoms with Gasteiger partial charge in [-0.1, -0.05) is 54.6 Å². The fourth-order valence-corrected chi connectivity index (χ4v) is 3.18. The highest BCUT2D eigenvalue weighted by atomic mass is 16.5. The normalized spacial score (nSPS) is 11.0. The quantitative estimate of drug-likeness (QED) is 0.499. The van der Waals surface area contributed by atoms with Crippen LogP contribution < -0.4 is 5.06 Å². The summed E-state index contributed by atoms with van der Waals surface area (Å²) in [6, 6.07) is 25.7. The van der Waals surface area contributed by atoms with E-state index in [4.69, 9.17) is 9.72 Å². The second-order valence-corrected chi connectivity index (χ2v) is 6.27. The maximum absolute atomic E-state index is 10.8. The predicted octanol–water partition coefficient (Wildman–Crippen LogP) is 4.88. The van der Waals surface area contributed by atoms with Gasteiger partial charge in [0.2, 0.25) is 5.95 Å². The van der Waals surface area contributed by atoms with Crippen LogP contribution in [-0.4, -0.2) is 28.5 Å². The summed E-state index contributed by atoms with van der Waals surface area (Å²) in [5, 5.41) is 11.9. The molecule has 4 rings (SSSR count). The number of methoxy groups -OCH3 is 1. The van der Waals surface area contributed by atoms with E-state index in [1.807, 2.05) is 59.2 Å². The van der Waals surface area contributed by atoms with Crippen molar-refractivity contribution in [2.24, 2.45) is 0 Å². The molecule has 0 saturated heterocycles. The minimum atomic E-state index is 0.471. The number of nitrogens with zero attached hydrogens (tertiary/aromatic N) is 3. The Balaban J connectivity index is 1.82. The van der Waals surface area contributed by atoms with E-state index < -0.39 is 0 Å². The Bertz CT molecular complexity index is 1030. The fourth-order valence-electron chi connectivity index (χ4n) is 3.18. The third-order valence-electron chi connectivity index (χ3n) is 4.54. The average molecular weight is 359 g/mol. The van der Waals surface area contributed by atoms with Crippen molar-refractivity contribution in [2.75, 3.05) is 18.8 Å². The molecule has 0 bridgehead atoms. The largest absolute Gasteiger partial charge is 0.383 e. The average Bonchev–Trinajstić information content (AvgIpc) is 3.10. The first-order valence-corrected chi connectivity index (χ1v) is 8.86. The second-order valence-electron chi connectivity index (χ2n) is 6.27. The fraction of sp³-hybridized carbons (Fsp3) is 0.136. The number of imidazole rings is 1. The molecule has 5 nitrogen and oxygen atoms in total. The Morgan fingerprint density at radius 2 is 1.63 bits per heavy atom. The van der Waals surface area contributed by atoms with Gasteiger partial charge in [-0.2, -0.15) is 5.06 Å². The van der Waals surface area contributed by atoms with Crippen LogP contribution in [0.4, 0.5) is 11.6 Å². The lowest BCUT2D eigenvalue weighted by Crippen LogP contribution is -2.17. The van der Waals surface area contributed by atoms with E-state index in [2.05, 4.69) is 24.3 Å². The molecule has 136 valence electrons. The predicted molar refractivity (Wildman–Crippen MR) is 107 cm³/mol. The molecule has 0 aliphatic carbocycles. The lowest BCUT2D eigenvalue weighted by atomic mass is 10.1. The number of benzene rings is 3. The molecular formula is C22H21N3O2. The van der Waals surface area contributed by atoms with Crippen LogP contribution in [0.2, 0.25) is 0 Å². The number of para-hydroxylation sites is 1. The molecular weight excluding hydrogens is 338 g/mol. The highest BCUT2D eigenvalue weighted by Crippen LogP contribution is 2.30. The van der Waals surface area contributed by atoms with Gasteiger partial charge in [-0.05, 0) is 35.4 Å². The minimum absolute atomic E-state index is 0.471. The molecule has 0 fully saturated rings. The van der Waals surface area contributed by atoms with Gasteiger partial charge in [-0.3, -0.25) is 5.21 Å². The van der Waals surface area contributed by atoms with Crippen molar-refractivity contribution in [3.63, 3.8) is 0 Å². The van der Waals surface area contributed by atoms with Crippen LogP contribution in [-0.2, 0) is 11.3 Å². The lowest BCUT2D eigenvalue weighted by molar-refractivity contribution is 0.187. The Labute approximate surface area is 158 Å². The standard InChI is InChI=1S/C22H21N3O2/c1-27-15-14-24-21-13-12-18(17-8-4-2-5-9-17)16-20(21)23-22(24)25(26)19-10-6-3-7-11-19/h2-13,16,26H,14-15H2,1H3. The monoisotopic (exact) mass is 359 g/mol. The maximum Gasteiger partial charge on any atom is 0.235 e. The first kappa shape index (κ1) is 17.3. The zero-order valence-electron chi connectivity index (χ0n) is 15.1. The molecule has 1 aromatic heterocycles. The third-order valence-corrected chi connectivity index (χ3v) is 4.54. The van der Waals surface area contributed by atoms with E-state index in [-0.39, 0.29) is 0 Å². The van der Waals surface area contributed by atoms with Crippen molar-refractivity contribution in [3.05, 3.63) is 78.9 Å². The van der Waals surface area contributed by atoms with Crippen LogP contribution in [0.1, 0.15) is 0 Å². The lowest BCUT2D eigenvalue weighted by Gasteiger charge is -2.17. The summed E-state index contributed by atoms with van der Waals surface area (Å²) in [4.78, 5) is 4.71. The summed E-state index contributed by atoms with van der Waals surface area (Å²) in [7, 11) is 1.67. The molecule has 0 unspecified atom stereocenters. The molecule has 0 aliphatic rings. The smallest absolute Gasteiger partial charge is 0.235 e. The first-order chi connectivity index (χ1) is 13.3. The Morgan fingerprint density at radius 3 is 2.33 bits per heavy atom. The van der Waals surface area contributed by atoms with Crippen molar-refractivity contribution in [1.29, 1.82) is 0 Å². The van der Waals surface area contributed by atoms with Crippen LogP contribution in [0.25, 0.3) is 22.2 Å². The number of anilines is 2. The Hall–Kier alpha value is -3.15. The summed E-state index contributed by atoms with van der Waals surface area (Å²) in [6.07, 6.45) is 0. The number of rotatable bonds is 6. The van der Waals surface area contributed by atoms with E-state index >= 15 is 0 Å². The molecule has 0 saturated carbocycles. The zero-order chi connectivity index (χ0) is 18.6. The summed E-state index contributed by atoms with van der Waals surface area (Å²) in [5.41, 5.74) is 4.68. The van der Waals surface area contributed by atoms with Crippen molar-refractivity contribution < 1.29 is 9.94 Å². The van der Waals surface area contributed by atoms with Gasteiger partial charge in [-0.25, -0.2) is 4.98 Å². The van der Waals surface area contributed by atoms with E-state index in [1.165, 1.54) is 0 Å². The third kappa shape index (κ3) is 3.43. The van der Waals surface area contributed by atoms with E-state index in [0.29, 0.717) is 24.8 Å². The van der Waals surface area contributed by atoms with E-state index in [1.54, 1.807) is 7.11 Å². The number of hydrogen-bond donors (Lipinski definition) is 1. The number of hydrogen-bond acceptors (Lipinski definition) is 4. The molecule has 27 heavy (non-hydrogen) atoms.